The van der Waals surface area contributed by atoms with Crippen LogP contribution in [0.3, 0.4) is 0 Å². The number of benzene rings is 3. The van der Waals surface area contributed by atoms with Crippen LogP contribution >= 0.6 is 15.9 Å². The number of urea groups is 1. The number of carbonyl (C=O) groups is 3. The molecule has 1 fully saturated rings. The second-order valence-corrected chi connectivity index (χ2v) is 8.35. The third-order valence-corrected chi connectivity index (χ3v) is 5.87. The molecule has 0 bridgehead atoms. The number of aryl methyl sites for hydroxylation is 1. The van der Waals surface area contributed by atoms with E-state index in [1.165, 1.54) is 6.08 Å². The summed E-state index contributed by atoms with van der Waals surface area (Å²) in [7, 11) is 0. The van der Waals surface area contributed by atoms with E-state index >= 15 is 0 Å². The molecule has 0 aliphatic carbocycles. The SMILES string of the molecule is Cc1ccccc1N1C(=O)NC(=O)/C(=C\c2ccc(OCc3ccccc3C#N)c(Br)c2)C1=O. The Hall–Kier alpha value is -4.22. The van der Waals surface area contributed by atoms with Gasteiger partial charge >= 0.3 is 6.03 Å². The highest BCUT2D eigenvalue weighted by Gasteiger charge is 2.37. The minimum Gasteiger partial charge on any atom is -0.488 e. The summed E-state index contributed by atoms with van der Waals surface area (Å²) < 4.78 is 6.44. The molecule has 1 heterocycles. The van der Waals surface area contributed by atoms with Crippen LogP contribution in [0.1, 0.15) is 22.3 Å². The maximum atomic E-state index is 13.1. The van der Waals surface area contributed by atoms with Crippen molar-refractivity contribution in [3.63, 3.8) is 0 Å². The summed E-state index contributed by atoms with van der Waals surface area (Å²) in [6.07, 6.45) is 1.43. The Morgan fingerprint density at radius 3 is 2.53 bits per heavy atom. The molecule has 34 heavy (non-hydrogen) atoms. The van der Waals surface area contributed by atoms with Crippen molar-refractivity contribution in [1.29, 1.82) is 5.26 Å². The predicted molar refractivity (Wildman–Crippen MR) is 130 cm³/mol. The fourth-order valence-electron chi connectivity index (χ4n) is 3.49. The summed E-state index contributed by atoms with van der Waals surface area (Å²) in [6.45, 7) is 1.98. The number of imide groups is 2. The molecule has 168 valence electrons. The normalized spacial score (nSPS) is 14.7. The van der Waals surface area contributed by atoms with Gasteiger partial charge in [0.25, 0.3) is 11.8 Å². The van der Waals surface area contributed by atoms with Crippen LogP contribution in [0.4, 0.5) is 10.5 Å². The zero-order valence-electron chi connectivity index (χ0n) is 18.0. The lowest BCUT2D eigenvalue weighted by atomic mass is 10.1. The van der Waals surface area contributed by atoms with Crippen LogP contribution in [0.2, 0.25) is 0 Å². The number of amides is 4. The second-order valence-electron chi connectivity index (χ2n) is 7.49. The van der Waals surface area contributed by atoms with E-state index < -0.39 is 17.8 Å². The topological polar surface area (TPSA) is 99.5 Å². The first kappa shape index (κ1) is 23.0. The van der Waals surface area contributed by atoms with Crippen LogP contribution in [-0.2, 0) is 16.2 Å². The van der Waals surface area contributed by atoms with Crippen LogP contribution in [0, 0.1) is 18.3 Å². The van der Waals surface area contributed by atoms with E-state index in [0.717, 1.165) is 16.0 Å². The van der Waals surface area contributed by atoms with Crippen molar-refractivity contribution in [3.05, 3.63) is 99.0 Å². The number of barbiturate groups is 1. The maximum Gasteiger partial charge on any atom is 0.335 e. The Balaban J connectivity index is 1.58. The van der Waals surface area contributed by atoms with Gasteiger partial charge in [-0.3, -0.25) is 14.9 Å². The molecule has 1 N–H and O–H groups in total. The van der Waals surface area contributed by atoms with E-state index in [1.807, 2.05) is 12.1 Å². The van der Waals surface area contributed by atoms with E-state index in [4.69, 9.17) is 4.74 Å². The summed E-state index contributed by atoms with van der Waals surface area (Å²) in [5.41, 5.74) is 2.83. The van der Waals surface area contributed by atoms with Crippen LogP contribution in [0.25, 0.3) is 6.08 Å². The lowest BCUT2D eigenvalue weighted by Gasteiger charge is -2.27. The molecule has 0 saturated carbocycles. The Kier molecular flexibility index (Phi) is 6.57. The number of nitriles is 1. The highest BCUT2D eigenvalue weighted by Crippen LogP contribution is 2.29. The standard InChI is InChI=1S/C26H18BrN3O4/c1-16-6-2-5-9-22(16)30-25(32)20(24(31)29-26(30)33)12-17-10-11-23(21(27)13-17)34-15-19-8-4-3-7-18(19)14-28/h2-13H,15H2,1H3,(H,29,31,33)/b20-12+. The highest BCUT2D eigenvalue weighted by molar-refractivity contribution is 9.10. The number of nitrogens with one attached hydrogen (secondary N) is 1. The highest BCUT2D eigenvalue weighted by atomic mass is 79.9. The Morgan fingerprint density at radius 2 is 1.79 bits per heavy atom. The number of nitrogens with zero attached hydrogens (tertiary/aromatic N) is 2. The molecular formula is C26H18BrN3O4. The third-order valence-electron chi connectivity index (χ3n) is 5.25. The Morgan fingerprint density at radius 1 is 1.06 bits per heavy atom. The van der Waals surface area contributed by atoms with E-state index in [2.05, 4.69) is 27.3 Å². The molecule has 3 aromatic rings. The van der Waals surface area contributed by atoms with Crippen LogP contribution in [0.15, 0.2) is 76.8 Å². The first-order chi connectivity index (χ1) is 16.4. The molecule has 7 nitrogen and oxygen atoms in total. The fraction of sp³-hybridized carbons (Fsp3) is 0.0769. The molecule has 3 aromatic carbocycles. The lowest BCUT2D eigenvalue weighted by Crippen LogP contribution is -2.54. The molecule has 0 spiro atoms. The van der Waals surface area contributed by atoms with Crippen molar-refractivity contribution >= 4 is 45.5 Å². The van der Waals surface area contributed by atoms with E-state index in [0.29, 0.717) is 27.0 Å². The van der Waals surface area contributed by atoms with Crippen molar-refractivity contribution in [2.24, 2.45) is 0 Å². The molecule has 0 aromatic heterocycles. The smallest absolute Gasteiger partial charge is 0.335 e. The van der Waals surface area contributed by atoms with Gasteiger partial charge in [0.1, 0.15) is 17.9 Å². The van der Waals surface area contributed by atoms with Crippen molar-refractivity contribution in [2.75, 3.05) is 4.90 Å². The van der Waals surface area contributed by atoms with Gasteiger partial charge in [0, 0.05) is 5.56 Å². The van der Waals surface area contributed by atoms with Gasteiger partial charge < -0.3 is 4.74 Å². The molecule has 4 rings (SSSR count). The number of rotatable bonds is 5. The Labute approximate surface area is 204 Å². The number of hydrogen-bond donors (Lipinski definition) is 1. The molecule has 0 unspecified atom stereocenters. The maximum absolute atomic E-state index is 13.1. The number of carbonyl (C=O) groups excluding carboxylic acids is 3. The number of ether oxygens (including phenoxy) is 1. The first-order valence-corrected chi connectivity index (χ1v) is 11.1. The summed E-state index contributed by atoms with van der Waals surface area (Å²) in [5, 5.41) is 11.4. The van der Waals surface area contributed by atoms with Gasteiger partial charge in [-0.2, -0.15) is 5.26 Å². The molecule has 8 heteroatoms. The molecular weight excluding hydrogens is 498 g/mol. The van der Waals surface area contributed by atoms with Crippen LogP contribution in [0.5, 0.6) is 5.75 Å². The summed E-state index contributed by atoms with van der Waals surface area (Å²) in [4.78, 5) is 38.9. The monoisotopic (exact) mass is 515 g/mol. The number of para-hydroxylation sites is 1. The van der Waals surface area contributed by atoms with Crippen LogP contribution < -0.4 is 15.0 Å². The number of anilines is 1. The van der Waals surface area contributed by atoms with E-state index in [1.54, 1.807) is 61.5 Å². The molecule has 0 atom stereocenters. The van der Waals surface area contributed by atoms with Crippen molar-refractivity contribution in [3.8, 4) is 11.8 Å². The zero-order valence-corrected chi connectivity index (χ0v) is 19.6. The van der Waals surface area contributed by atoms with Gasteiger partial charge in [-0.1, -0.05) is 42.5 Å². The fourth-order valence-corrected chi connectivity index (χ4v) is 4.00. The van der Waals surface area contributed by atoms with Gasteiger partial charge in [-0.15, -0.1) is 0 Å². The number of halogens is 1. The van der Waals surface area contributed by atoms with Crippen molar-refractivity contribution in [1.82, 2.24) is 5.32 Å². The zero-order chi connectivity index (χ0) is 24.2. The van der Waals surface area contributed by atoms with Gasteiger partial charge in [0.05, 0.1) is 21.8 Å². The predicted octanol–water partition coefficient (Wildman–Crippen LogP) is 4.87. The molecule has 1 aliphatic heterocycles. The molecule has 4 amide bonds. The Bertz CT molecular complexity index is 1390. The van der Waals surface area contributed by atoms with Crippen molar-refractivity contribution in [2.45, 2.75) is 13.5 Å². The summed E-state index contributed by atoms with van der Waals surface area (Å²) in [6, 6.07) is 20.5. The van der Waals surface area contributed by atoms with Gasteiger partial charge in [0.15, 0.2) is 0 Å². The molecule has 0 radical (unpaired) electrons. The van der Waals surface area contributed by atoms with E-state index in [-0.39, 0.29) is 12.2 Å². The van der Waals surface area contributed by atoms with Crippen LogP contribution in [-0.4, -0.2) is 17.8 Å². The second kappa shape index (κ2) is 9.73. The minimum atomic E-state index is -0.788. The quantitative estimate of drug-likeness (QED) is 0.385. The molecule has 1 saturated heterocycles. The lowest BCUT2D eigenvalue weighted by molar-refractivity contribution is -0.122. The first-order valence-electron chi connectivity index (χ1n) is 10.3. The average molecular weight is 516 g/mol. The van der Waals surface area contributed by atoms with Crippen molar-refractivity contribution < 1.29 is 19.1 Å². The van der Waals surface area contributed by atoms with E-state index in [9.17, 15) is 19.6 Å². The third kappa shape index (κ3) is 4.60. The summed E-state index contributed by atoms with van der Waals surface area (Å²) in [5.74, 6) is -0.928. The molecule has 1 aliphatic rings. The van der Waals surface area contributed by atoms with Gasteiger partial charge in [-0.25, -0.2) is 9.69 Å². The average Bonchev–Trinajstić information content (AvgIpc) is 2.82. The largest absolute Gasteiger partial charge is 0.488 e. The number of hydrogen-bond acceptors (Lipinski definition) is 5. The van der Waals surface area contributed by atoms with Gasteiger partial charge in [-0.05, 0) is 64.3 Å². The summed E-state index contributed by atoms with van der Waals surface area (Å²) >= 11 is 3.45. The minimum absolute atomic E-state index is 0.161. The van der Waals surface area contributed by atoms with Gasteiger partial charge in [0.2, 0.25) is 0 Å².